The van der Waals surface area contributed by atoms with Crippen LogP contribution in [0.2, 0.25) is 0 Å². The average molecular weight is 375 g/mol. The first-order valence-corrected chi connectivity index (χ1v) is 9.85. The lowest BCUT2D eigenvalue weighted by molar-refractivity contribution is -0.133. The molecule has 0 saturated carbocycles. The van der Waals surface area contributed by atoms with Crippen LogP contribution < -0.4 is 5.73 Å². The van der Waals surface area contributed by atoms with Gasteiger partial charge < -0.3 is 15.2 Å². The molecule has 0 unspecified atom stereocenters. The zero-order chi connectivity index (χ0) is 19.5. The third-order valence-corrected chi connectivity index (χ3v) is 5.32. The zero-order valence-corrected chi connectivity index (χ0v) is 16.1. The Labute approximate surface area is 165 Å². The van der Waals surface area contributed by atoms with Crippen LogP contribution >= 0.6 is 0 Å². The Balaban J connectivity index is 1.57. The van der Waals surface area contributed by atoms with Gasteiger partial charge in [-0.05, 0) is 17.5 Å². The fourth-order valence-electron chi connectivity index (χ4n) is 3.74. The van der Waals surface area contributed by atoms with Crippen LogP contribution in [0.15, 0.2) is 59.1 Å². The second-order valence-corrected chi connectivity index (χ2v) is 7.28. The molecule has 1 aliphatic rings. The Morgan fingerprint density at radius 1 is 1.11 bits per heavy atom. The van der Waals surface area contributed by atoms with Crippen LogP contribution in [0.4, 0.5) is 0 Å². The van der Waals surface area contributed by atoms with Crippen molar-refractivity contribution in [3.8, 4) is 22.4 Å². The van der Waals surface area contributed by atoms with Crippen molar-refractivity contribution in [2.45, 2.75) is 38.8 Å². The highest BCUT2D eigenvalue weighted by Crippen LogP contribution is 2.31. The van der Waals surface area contributed by atoms with Crippen LogP contribution in [0.1, 0.15) is 31.1 Å². The number of rotatable bonds is 5. The SMILES string of the molecule is CCC[C@H](N)C(=O)N1CCc2onc(-c3ccc(-c4ccccc4)cc3)c2C1. The summed E-state index contributed by atoms with van der Waals surface area (Å²) in [5, 5.41) is 4.30. The molecule has 144 valence electrons. The standard InChI is InChI=1S/C23H25N3O2/c1-2-6-20(24)23(27)26-14-13-21-19(15-26)22(25-28-21)18-11-9-17(10-12-18)16-7-4-3-5-8-16/h3-5,7-12,20H,2,6,13-15,24H2,1H3/t20-/m0/s1. The second-order valence-electron chi connectivity index (χ2n) is 7.28. The third kappa shape index (κ3) is 3.58. The summed E-state index contributed by atoms with van der Waals surface area (Å²) in [4.78, 5) is 14.5. The van der Waals surface area contributed by atoms with Crippen LogP contribution in [-0.2, 0) is 17.8 Å². The molecule has 5 heteroatoms. The maximum Gasteiger partial charge on any atom is 0.239 e. The number of carbonyl (C=O) groups is 1. The first-order valence-electron chi connectivity index (χ1n) is 9.85. The van der Waals surface area contributed by atoms with E-state index >= 15 is 0 Å². The van der Waals surface area contributed by atoms with Gasteiger partial charge in [0.15, 0.2) is 0 Å². The number of amides is 1. The number of hydrogen-bond donors (Lipinski definition) is 1. The summed E-state index contributed by atoms with van der Waals surface area (Å²) in [6.45, 7) is 3.17. The highest BCUT2D eigenvalue weighted by Gasteiger charge is 2.29. The normalized spacial score (nSPS) is 14.6. The van der Waals surface area contributed by atoms with Crippen LogP contribution in [0.25, 0.3) is 22.4 Å². The van der Waals surface area contributed by atoms with Crippen LogP contribution in [0.5, 0.6) is 0 Å². The molecule has 4 rings (SSSR count). The van der Waals surface area contributed by atoms with Crippen molar-refractivity contribution in [1.82, 2.24) is 10.1 Å². The van der Waals surface area contributed by atoms with Crippen molar-refractivity contribution in [3.05, 3.63) is 65.9 Å². The Morgan fingerprint density at radius 3 is 2.50 bits per heavy atom. The topological polar surface area (TPSA) is 72.4 Å². The fourth-order valence-corrected chi connectivity index (χ4v) is 3.74. The maximum atomic E-state index is 12.6. The van der Waals surface area contributed by atoms with Gasteiger partial charge in [0.05, 0.1) is 12.6 Å². The number of hydrogen-bond acceptors (Lipinski definition) is 4. The summed E-state index contributed by atoms with van der Waals surface area (Å²) in [5.74, 6) is 0.884. The molecule has 0 spiro atoms. The molecule has 1 atom stereocenters. The Kier molecular flexibility index (Phi) is 5.26. The molecular formula is C23H25N3O2. The van der Waals surface area contributed by atoms with Crippen molar-refractivity contribution in [2.24, 2.45) is 5.73 Å². The largest absolute Gasteiger partial charge is 0.360 e. The second kappa shape index (κ2) is 7.98. The molecular weight excluding hydrogens is 350 g/mol. The molecule has 0 radical (unpaired) electrons. The van der Waals surface area contributed by atoms with Crippen LogP contribution in [0.3, 0.4) is 0 Å². The summed E-state index contributed by atoms with van der Waals surface area (Å²) >= 11 is 0. The van der Waals surface area contributed by atoms with Gasteiger partial charge >= 0.3 is 0 Å². The quantitative estimate of drug-likeness (QED) is 0.731. The molecule has 1 amide bonds. The van der Waals surface area contributed by atoms with Gasteiger partial charge in [0.1, 0.15) is 11.5 Å². The number of carbonyl (C=O) groups excluding carboxylic acids is 1. The summed E-state index contributed by atoms with van der Waals surface area (Å²) in [6.07, 6.45) is 2.28. The molecule has 2 aromatic carbocycles. The number of benzene rings is 2. The minimum absolute atomic E-state index is 0.0130. The molecule has 2 heterocycles. The van der Waals surface area contributed by atoms with Gasteiger partial charge in [-0.2, -0.15) is 0 Å². The lowest BCUT2D eigenvalue weighted by atomic mass is 9.98. The molecule has 0 saturated heterocycles. The molecule has 5 nitrogen and oxygen atoms in total. The van der Waals surface area contributed by atoms with E-state index in [4.69, 9.17) is 10.3 Å². The number of nitrogens with zero attached hydrogens (tertiary/aromatic N) is 2. The van der Waals surface area contributed by atoms with E-state index in [2.05, 4.69) is 41.6 Å². The van der Waals surface area contributed by atoms with Gasteiger partial charge in [-0.1, -0.05) is 73.1 Å². The van der Waals surface area contributed by atoms with Gasteiger partial charge in [-0.15, -0.1) is 0 Å². The molecule has 3 aromatic rings. The number of fused-ring (bicyclic) bond motifs is 1. The van der Waals surface area contributed by atoms with Crippen LogP contribution in [-0.4, -0.2) is 28.6 Å². The van der Waals surface area contributed by atoms with E-state index in [1.54, 1.807) is 0 Å². The lowest BCUT2D eigenvalue weighted by Crippen LogP contribution is -2.45. The molecule has 0 bridgehead atoms. The monoisotopic (exact) mass is 375 g/mol. The van der Waals surface area contributed by atoms with E-state index in [0.29, 0.717) is 25.9 Å². The summed E-state index contributed by atoms with van der Waals surface area (Å²) < 4.78 is 5.57. The van der Waals surface area contributed by atoms with E-state index in [1.165, 1.54) is 5.56 Å². The van der Waals surface area contributed by atoms with Crippen molar-refractivity contribution in [2.75, 3.05) is 6.54 Å². The Hall–Kier alpha value is -2.92. The highest BCUT2D eigenvalue weighted by atomic mass is 16.5. The molecule has 0 aliphatic carbocycles. The molecule has 1 aliphatic heterocycles. The lowest BCUT2D eigenvalue weighted by Gasteiger charge is -2.28. The van der Waals surface area contributed by atoms with Crippen LogP contribution in [0, 0.1) is 0 Å². The molecule has 28 heavy (non-hydrogen) atoms. The highest BCUT2D eigenvalue weighted by molar-refractivity contribution is 5.82. The molecule has 1 aromatic heterocycles. The van der Waals surface area contributed by atoms with Crippen molar-refractivity contribution in [1.29, 1.82) is 0 Å². The Bertz CT molecular complexity index is 948. The van der Waals surface area contributed by atoms with E-state index in [9.17, 15) is 4.79 Å². The Morgan fingerprint density at radius 2 is 1.79 bits per heavy atom. The summed E-state index contributed by atoms with van der Waals surface area (Å²) in [5.41, 5.74) is 11.2. The van der Waals surface area contributed by atoms with Gasteiger partial charge in [-0.25, -0.2) is 0 Å². The maximum absolute atomic E-state index is 12.6. The first kappa shape index (κ1) is 18.4. The van der Waals surface area contributed by atoms with E-state index in [0.717, 1.165) is 34.6 Å². The van der Waals surface area contributed by atoms with E-state index < -0.39 is 6.04 Å². The molecule has 0 fully saturated rings. The summed E-state index contributed by atoms with van der Waals surface area (Å²) in [6, 6.07) is 18.1. The molecule has 2 N–H and O–H groups in total. The minimum Gasteiger partial charge on any atom is -0.360 e. The van der Waals surface area contributed by atoms with E-state index in [-0.39, 0.29) is 5.91 Å². The first-order chi connectivity index (χ1) is 13.7. The number of aromatic nitrogens is 1. The number of nitrogens with two attached hydrogens (primary N) is 1. The van der Waals surface area contributed by atoms with Crippen molar-refractivity contribution in [3.63, 3.8) is 0 Å². The van der Waals surface area contributed by atoms with Gasteiger partial charge in [0.25, 0.3) is 0 Å². The van der Waals surface area contributed by atoms with E-state index in [1.807, 2.05) is 30.0 Å². The fraction of sp³-hybridized carbons (Fsp3) is 0.304. The smallest absolute Gasteiger partial charge is 0.239 e. The summed E-state index contributed by atoms with van der Waals surface area (Å²) in [7, 11) is 0. The van der Waals surface area contributed by atoms with Gasteiger partial charge in [-0.3, -0.25) is 4.79 Å². The minimum atomic E-state index is -0.431. The third-order valence-electron chi connectivity index (χ3n) is 5.32. The van der Waals surface area contributed by atoms with Crippen molar-refractivity contribution >= 4 is 5.91 Å². The average Bonchev–Trinajstić information content (AvgIpc) is 3.17. The van der Waals surface area contributed by atoms with Gasteiger partial charge in [0.2, 0.25) is 5.91 Å². The van der Waals surface area contributed by atoms with Gasteiger partial charge in [0, 0.05) is 24.1 Å². The zero-order valence-electron chi connectivity index (χ0n) is 16.1. The predicted octanol–water partition coefficient (Wildman–Crippen LogP) is 4.02. The predicted molar refractivity (Wildman–Crippen MR) is 109 cm³/mol. The van der Waals surface area contributed by atoms with Crippen molar-refractivity contribution < 1.29 is 9.32 Å².